The second-order valence-electron chi connectivity index (χ2n) is 4.57. The maximum atomic E-state index is 12.1. The van der Waals surface area contributed by atoms with Crippen molar-refractivity contribution >= 4 is 27.6 Å². The number of nitrogen functional groups attached to an aromatic ring is 1. The van der Waals surface area contributed by atoms with Crippen molar-refractivity contribution in [3.05, 3.63) is 57.6 Å². The lowest BCUT2D eigenvalue weighted by atomic mass is 10.1. The van der Waals surface area contributed by atoms with Crippen molar-refractivity contribution in [2.75, 3.05) is 12.8 Å². The first kappa shape index (κ1) is 15.4. The topological polar surface area (TPSA) is 61.5 Å². The van der Waals surface area contributed by atoms with Gasteiger partial charge in [-0.2, -0.15) is 0 Å². The van der Waals surface area contributed by atoms with E-state index in [1.807, 2.05) is 31.2 Å². The maximum Gasteiger partial charge on any atom is 0.340 e. The first-order chi connectivity index (χ1) is 10.0. The van der Waals surface area contributed by atoms with Gasteiger partial charge in [0, 0.05) is 15.7 Å². The van der Waals surface area contributed by atoms with Gasteiger partial charge in [-0.25, -0.2) is 4.79 Å². The van der Waals surface area contributed by atoms with Crippen LogP contribution in [0.2, 0.25) is 0 Å². The number of carbonyl (C=O) groups is 1. The molecule has 0 heterocycles. The minimum atomic E-state index is -0.439. The van der Waals surface area contributed by atoms with Crippen LogP contribution in [0, 0.1) is 6.92 Å². The molecule has 21 heavy (non-hydrogen) atoms. The highest BCUT2D eigenvalue weighted by Gasteiger charge is 2.13. The van der Waals surface area contributed by atoms with Gasteiger partial charge in [-0.3, -0.25) is 0 Å². The Labute approximate surface area is 132 Å². The molecule has 2 rings (SSSR count). The highest BCUT2D eigenvalue weighted by molar-refractivity contribution is 9.10. The largest absolute Gasteiger partial charge is 0.497 e. The lowest BCUT2D eigenvalue weighted by molar-refractivity contribution is 0.0473. The van der Waals surface area contributed by atoms with Gasteiger partial charge in [0.15, 0.2) is 0 Å². The van der Waals surface area contributed by atoms with Crippen LogP contribution >= 0.6 is 15.9 Å². The number of benzene rings is 2. The van der Waals surface area contributed by atoms with E-state index in [0.29, 0.717) is 17.0 Å². The molecule has 0 aromatic heterocycles. The van der Waals surface area contributed by atoms with Gasteiger partial charge in [0.1, 0.15) is 12.4 Å². The van der Waals surface area contributed by atoms with Gasteiger partial charge in [-0.05, 0) is 36.8 Å². The minimum Gasteiger partial charge on any atom is -0.497 e. The second-order valence-corrected chi connectivity index (χ2v) is 5.42. The fourth-order valence-electron chi connectivity index (χ4n) is 1.87. The number of anilines is 1. The Kier molecular flexibility index (Phi) is 4.85. The van der Waals surface area contributed by atoms with Gasteiger partial charge >= 0.3 is 5.97 Å². The zero-order chi connectivity index (χ0) is 15.4. The number of nitrogens with two attached hydrogens (primary N) is 1. The molecule has 5 heteroatoms. The van der Waals surface area contributed by atoms with Crippen LogP contribution in [0.25, 0.3) is 0 Å². The molecule has 0 unspecified atom stereocenters. The molecule has 0 aliphatic carbocycles. The first-order valence-corrected chi connectivity index (χ1v) is 7.17. The number of hydrogen-bond donors (Lipinski definition) is 1. The van der Waals surface area contributed by atoms with Crippen molar-refractivity contribution in [2.24, 2.45) is 0 Å². The van der Waals surface area contributed by atoms with E-state index in [-0.39, 0.29) is 6.61 Å². The predicted octanol–water partition coefficient (Wildman–Crippen LogP) is 3.71. The molecule has 0 fully saturated rings. The summed E-state index contributed by atoms with van der Waals surface area (Å²) in [5.41, 5.74) is 8.41. The highest BCUT2D eigenvalue weighted by Crippen LogP contribution is 2.24. The van der Waals surface area contributed by atoms with Gasteiger partial charge in [0.05, 0.1) is 12.7 Å². The van der Waals surface area contributed by atoms with E-state index in [4.69, 9.17) is 15.2 Å². The van der Waals surface area contributed by atoms with Crippen LogP contribution in [0.5, 0.6) is 5.75 Å². The van der Waals surface area contributed by atoms with E-state index >= 15 is 0 Å². The standard InChI is InChI=1S/C16H16BrNO3/c1-10-4-3-5-13(15(10)18)16(19)21-9-11-8-12(20-2)6-7-14(11)17/h3-8H,9,18H2,1-2H3. The van der Waals surface area contributed by atoms with Crippen molar-refractivity contribution in [1.29, 1.82) is 0 Å². The molecule has 0 saturated carbocycles. The lowest BCUT2D eigenvalue weighted by Crippen LogP contribution is -2.09. The third-order valence-electron chi connectivity index (χ3n) is 3.16. The third-order valence-corrected chi connectivity index (χ3v) is 3.93. The number of esters is 1. The smallest absolute Gasteiger partial charge is 0.340 e. The van der Waals surface area contributed by atoms with Crippen molar-refractivity contribution in [3.63, 3.8) is 0 Å². The first-order valence-electron chi connectivity index (χ1n) is 6.37. The van der Waals surface area contributed by atoms with Gasteiger partial charge in [0.2, 0.25) is 0 Å². The monoisotopic (exact) mass is 349 g/mol. The molecular weight excluding hydrogens is 334 g/mol. The predicted molar refractivity (Wildman–Crippen MR) is 85.4 cm³/mol. The van der Waals surface area contributed by atoms with E-state index in [1.165, 1.54) is 0 Å². The van der Waals surface area contributed by atoms with Crippen molar-refractivity contribution < 1.29 is 14.3 Å². The molecule has 0 bridgehead atoms. The molecule has 110 valence electrons. The summed E-state index contributed by atoms with van der Waals surface area (Å²) in [6.07, 6.45) is 0. The highest BCUT2D eigenvalue weighted by atomic mass is 79.9. The van der Waals surface area contributed by atoms with Crippen LogP contribution in [0.3, 0.4) is 0 Å². The number of methoxy groups -OCH3 is 1. The van der Waals surface area contributed by atoms with Gasteiger partial charge in [-0.15, -0.1) is 0 Å². The lowest BCUT2D eigenvalue weighted by Gasteiger charge is -2.10. The summed E-state index contributed by atoms with van der Waals surface area (Å²) in [5.74, 6) is 0.269. The van der Waals surface area contributed by atoms with E-state index in [2.05, 4.69) is 15.9 Å². The number of hydrogen-bond acceptors (Lipinski definition) is 4. The molecule has 0 spiro atoms. The summed E-state index contributed by atoms with van der Waals surface area (Å²) >= 11 is 3.42. The Balaban J connectivity index is 2.13. The maximum absolute atomic E-state index is 12.1. The fourth-order valence-corrected chi connectivity index (χ4v) is 2.23. The molecule has 0 amide bonds. The summed E-state index contributed by atoms with van der Waals surface area (Å²) in [5, 5.41) is 0. The van der Waals surface area contributed by atoms with Crippen molar-refractivity contribution in [1.82, 2.24) is 0 Å². The summed E-state index contributed by atoms with van der Waals surface area (Å²) in [6, 6.07) is 10.8. The molecule has 0 atom stereocenters. The van der Waals surface area contributed by atoms with Crippen LogP contribution in [0.15, 0.2) is 40.9 Å². The van der Waals surface area contributed by atoms with Crippen LogP contribution in [-0.4, -0.2) is 13.1 Å². The minimum absolute atomic E-state index is 0.143. The Morgan fingerprint density at radius 3 is 2.76 bits per heavy atom. The summed E-state index contributed by atoms with van der Waals surface area (Å²) in [7, 11) is 1.59. The third kappa shape index (κ3) is 3.55. The Bertz CT molecular complexity index is 671. The molecule has 2 N–H and O–H groups in total. The molecule has 4 nitrogen and oxygen atoms in total. The van der Waals surface area contributed by atoms with E-state index < -0.39 is 5.97 Å². The number of rotatable bonds is 4. The molecule has 2 aromatic carbocycles. The Hall–Kier alpha value is -2.01. The number of ether oxygens (including phenoxy) is 2. The van der Waals surface area contributed by atoms with Crippen LogP contribution in [0.4, 0.5) is 5.69 Å². The average molecular weight is 350 g/mol. The number of halogens is 1. The van der Waals surface area contributed by atoms with Crippen LogP contribution in [0.1, 0.15) is 21.5 Å². The number of carbonyl (C=O) groups excluding carboxylic acids is 1. The van der Waals surface area contributed by atoms with Crippen LogP contribution < -0.4 is 10.5 Å². The molecule has 0 saturated heterocycles. The average Bonchev–Trinajstić information content (AvgIpc) is 2.49. The zero-order valence-electron chi connectivity index (χ0n) is 11.9. The zero-order valence-corrected chi connectivity index (χ0v) is 13.4. The normalized spacial score (nSPS) is 10.2. The van der Waals surface area contributed by atoms with Gasteiger partial charge < -0.3 is 15.2 Å². The van der Waals surface area contributed by atoms with Crippen molar-refractivity contribution in [3.8, 4) is 5.75 Å². The molecular formula is C16H16BrNO3. The van der Waals surface area contributed by atoms with Gasteiger partial charge in [0.25, 0.3) is 0 Å². The quantitative estimate of drug-likeness (QED) is 0.675. The van der Waals surface area contributed by atoms with Crippen LogP contribution in [-0.2, 0) is 11.3 Å². The summed E-state index contributed by atoms with van der Waals surface area (Å²) in [4.78, 5) is 12.1. The number of aryl methyl sites for hydroxylation is 1. The van der Waals surface area contributed by atoms with Crippen molar-refractivity contribution in [2.45, 2.75) is 13.5 Å². The van der Waals surface area contributed by atoms with Gasteiger partial charge in [-0.1, -0.05) is 28.1 Å². The second kappa shape index (κ2) is 6.63. The Morgan fingerprint density at radius 1 is 1.29 bits per heavy atom. The Morgan fingerprint density at radius 2 is 2.05 bits per heavy atom. The summed E-state index contributed by atoms with van der Waals surface area (Å²) < 4.78 is 11.3. The summed E-state index contributed by atoms with van der Waals surface area (Å²) in [6.45, 7) is 1.99. The number of para-hydroxylation sites is 1. The van der Waals surface area contributed by atoms with E-state index in [9.17, 15) is 4.79 Å². The molecule has 0 aliphatic rings. The van der Waals surface area contributed by atoms with E-state index in [1.54, 1.807) is 19.2 Å². The molecule has 0 radical (unpaired) electrons. The molecule has 0 aliphatic heterocycles. The van der Waals surface area contributed by atoms with E-state index in [0.717, 1.165) is 15.6 Å². The molecule has 2 aromatic rings. The fraction of sp³-hybridized carbons (Fsp3) is 0.188. The SMILES string of the molecule is COc1ccc(Br)c(COC(=O)c2cccc(C)c2N)c1.